The zero-order valence-corrected chi connectivity index (χ0v) is 15.8. The zero-order valence-electron chi connectivity index (χ0n) is 15.8. The summed E-state index contributed by atoms with van der Waals surface area (Å²) < 4.78 is 1.23. The van der Waals surface area contributed by atoms with Crippen molar-refractivity contribution in [1.82, 2.24) is 0 Å². The quantitative estimate of drug-likeness (QED) is 0.223. The molecule has 0 atom stereocenters. The molecular formula is C20H44N+. The predicted octanol–water partition coefficient (Wildman–Crippen LogP) is 6.56. The molecule has 1 heteroatoms. The van der Waals surface area contributed by atoms with Crippen LogP contribution in [0.5, 0.6) is 0 Å². The third-order valence-electron chi connectivity index (χ3n) is 4.73. The monoisotopic (exact) mass is 298 g/mol. The van der Waals surface area contributed by atoms with Crippen molar-refractivity contribution in [2.75, 3.05) is 27.2 Å². The van der Waals surface area contributed by atoms with Gasteiger partial charge in [0.1, 0.15) is 0 Å². The molecule has 0 aromatic rings. The first-order chi connectivity index (χ1) is 10.1. The molecule has 0 spiro atoms. The second kappa shape index (κ2) is 14.9. The van der Waals surface area contributed by atoms with E-state index < -0.39 is 0 Å². The van der Waals surface area contributed by atoms with Gasteiger partial charge >= 0.3 is 0 Å². The molecule has 0 bridgehead atoms. The minimum absolute atomic E-state index is 1.23. The van der Waals surface area contributed by atoms with Crippen molar-refractivity contribution in [1.29, 1.82) is 0 Å². The third-order valence-corrected chi connectivity index (χ3v) is 4.73. The van der Waals surface area contributed by atoms with Gasteiger partial charge in [-0.05, 0) is 25.7 Å². The Bertz CT molecular complexity index is 198. The van der Waals surface area contributed by atoms with Gasteiger partial charge in [0.25, 0.3) is 0 Å². The fraction of sp³-hybridized carbons (Fsp3) is 1.00. The molecular weight excluding hydrogens is 254 g/mol. The van der Waals surface area contributed by atoms with Crippen molar-refractivity contribution in [3.8, 4) is 0 Å². The normalized spacial score (nSPS) is 12.0. The molecule has 0 aliphatic rings. The molecule has 0 aromatic carbocycles. The van der Waals surface area contributed by atoms with Gasteiger partial charge in [-0.3, -0.25) is 0 Å². The largest absolute Gasteiger partial charge is 0.328 e. The van der Waals surface area contributed by atoms with Crippen LogP contribution in [0.3, 0.4) is 0 Å². The molecule has 0 N–H and O–H groups in total. The molecule has 0 aromatic heterocycles. The Hall–Kier alpha value is -0.0400. The topological polar surface area (TPSA) is 0 Å². The lowest BCUT2D eigenvalue weighted by Gasteiger charge is -2.29. The predicted molar refractivity (Wildman–Crippen MR) is 97.8 cm³/mol. The lowest BCUT2D eigenvalue weighted by atomic mass is 10.1. The summed E-state index contributed by atoms with van der Waals surface area (Å²) in [6.45, 7) is 7.33. The van der Waals surface area contributed by atoms with Gasteiger partial charge in [0, 0.05) is 0 Å². The minimum Gasteiger partial charge on any atom is -0.328 e. The van der Waals surface area contributed by atoms with Gasteiger partial charge in [-0.1, -0.05) is 78.1 Å². The molecule has 0 fully saturated rings. The van der Waals surface area contributed by atoms with Crippen LogP contribution >= 0.6 is 0 Å². The molecule has 128 valence electrons. The maximum absolute atomic E-state index is 2.41. The fourth-order valence-electron chi connectivity index (χ4n) is 3.11. The van der Waals surface area contributed by atoms with Crippen LogP contribution in [0.1, 0.15) is 104 Å². The first kappa shape index (κ1) is 21.0. The molecule has 0 unspecified atom stereocenters. The van der Waals surface area contributed by atoms with E-state index in [1.807, 2.05) is 0 Å². The van der Waals surface area contributed by atoms with Gasteiger partial charge in [-0.15, -0.1) is 0 Å². The van der Waals surface area contributed by atoms with E-state index >= 15 is 0 Å². The molecule has 0 aliphatic carbocycles. The number of rotatable bonds is 16. The Morgan fingerprint density at radius 2 is 0.714 bits per heavy atom. The van der Waals surface area contributed by atoms with Crippen molar-refractivity contribution in [2.45, 2.75) is 104 Å². The maximum Gasteiger partial charge on any atom is 0.0782 e. The molecule has 0 saturated heterocycles. The van der Waals surface area contributed by atoms with Crippen molar-refractivity contribution >= 4 is 0 Å². The summed E-state index contributed by atoms with van der Waals surface area (Å²) in [5, 5.41) is 0. The van der Waals surface area contributed by atoms with E-state index in [9.17, 15) is 0 Å². The van der Waals surface area contributed by atoms with E-state index in [0.29, 0.717) is 0 Å². The minimum atomic E-state index is 1.23. The Morgan fingerprint density at radius 3 is 1.14 bits per heavy atom. The van der Waals surface area contributed by atoms with Crippen LogP contribution in [0.15, 0.2) is 0 Å². The highest BCUT2D eigenvalue weighted by Crippen LogP contribution is 2.12. The Morgan fingerprint density at radius 1 is 0.429 bits per heavy atom. The van der Waals surface area contributed by atoms with E-state index in [4.69, 9.17) is 0 Å². The lowest BCUT2D eigenvalue weighted by Crippen LogP contribution is -2.41. The van der Waals surface area contributed by atoms with E-state index in [2.05, 4.69) is 27.9 Å². The average molecular weight is 299 g/mol. The number of hydrogen-bond acceptors (Lipinski definition) is 0. The van der Waals surface area contributed by atoms with Crippen molar-refractivity contribution < 1.29 is 4.48 Å². The van der Waals surface area contributed by atoms with Gasteiger partial charge in [-0.25, -0.2) is 0 Å². The van der Waals surface area contributed by atoms with E-state index in [1.54, 1.807) is 0 Å². The number of nitrogens with zero attached hydrogens (tertiary/aromatic N) is 1. The van der Waals surface area contributed by atoms with Gasteiger partial charge in [0.15, 0.2) is 0 Å². The SMILES string of the molecule is CCCCCCCCCCCCC[N+](C)(C)CCCCC. The maximum atomic E-state index is 2.41. The molecule has 0 amide bonds. The zero-order chi connectivity index (χ0) is 15.8. The van der Waals surface area contributed by atoms with Crippen LogP contribution in [-0.2, 0) is 0 Å². The molecule has 0 aliphatic heterocycles. The number of unbranched alkanes of at least 4 members (excludes halogenated alkanes) is 12. The Kier molecular flexibility index (Phi) is 14.9. The van der Waals surface area contributed by atoms with Gasteiger partial charge in [-0.2, -0.15) is 0 Å². The highest BCUT2D eigenvalue weighted by molar-refractivity contribution is 4.48. The number of quaternary nitrogens is 1. The van der Waals surface area contributed by atoms with E-state index in [1.165, 1.54) is 107 Å². The molecule has 21 heavy (non-hydrogen) atoms. The van der Waals surface area contributed by atoms with Crippen molar-refractivity contribution in [3.63, 3.8) is 0 Å². The summed E-state index contributed by atoms with van der Waals surface area (Å²) in [6, 6.07) is 0. The van der Waals surface area contributed by atoms with Crippen LogP contribution in [0, 0.1) is 0 Å². The second-order valence-corrected chi connectivity index (χ2v) is 7.63. The molecule has 0 rings (SSSR count). The lowest BCUT2D eigenvalue weighted by molar-refractivity contribution is -0.890. The molecule has 1 nitrogen and oxygen atoms in total. The Labute approximate surface area is 136 Å². The highest BCUT2D eigenvalue weighted by Gasteiger charge is 2.13. The van der Waals surface area contributed by atoms with Crippen LogP contribution in [0.25, 0.3) is 0 Å². The van der Waals surface area contributed by atoms with Crippen LogP contribution in [-0.4, -0.2) is 31.7 Å². The summed E-state index contributed by atoms with van der Waals surface area (Å²) in [5.74, 6) is 0. The summed E-state index contributed by atoms with van der Waals surface area (Å²) in [5.41, 5.74) is 0. The van der Waals surface area contributed by atoms with Gasteiger partial charge in [0.2, 0.25) is 0 Å². The summed E-state index contributed by atoms with van der Waals surface area (Å²) >= 11 is 0. The first-order valence-electron chi connectivity index (χ1n) is 9.94. The first-order valence-corrected chi connectivity index (χ1v) is 9.94. The highest BCUT2D eigenvalue weighted by atomic mass is 15.3. The summed E-state index contributed by atoms with van der Waals surface area (Å²) in [7, 11) is 4.82. The van der Waals surface area contributed by atoms with E-state index in [0.717, 1.165) is 0 Å². The third kappa shape index (κ3) is 16.2. The fourth-order valence-corrected chi connectivity index (χ4v) is 3.11. The number of hydrogen-bond donors (Lipinski definition) is 0. The van der Waals surface area contributed by atoms with Gasteiger partial charge in [0.05, 0.1) is 27.2 Å². The molecule has 0 radical (unpaired) electrons. The molecule has 0 heterocycles. The second-order valence-electron chi connectivity index (χ2n) is 7.63. The summed E-state index contributed by atoms with van der Waals surface area (Å²) in [4.78, 5) is 0. The smallest absolute Gasteiger partial charge is 0.0782 e. The Balaban J connectivity index is 3.23. The summed E-state index contributed by atoms with van der Waals surface area (Å²) in [6.07, 6.45) is 20.1. The average Bonchev–Trinajstić information content (AvgIpc) is 2.45. The standard InChI is InChI=1S/C20H44N/c1-5-7-9-10-11-12-13-14-15-16-18-20-21(3,4)19-17-8-6-2/h5-20H2,1-4H3/q+1. The van der Waals surface area contributed by atoms with Crippen LogP contribution in [0.4, 0.5) is 0 Å². The van der Waals surface area contributed by atoms with Crippen molar-refractivity contribution in [3.05, 3.63) is 0 Å². The van der Waals surface area contributed by atoms with Crippen LogP contribution in [0.2, 0.25) is 0 Å². The van der Waals surface area contributed by atoms with Crippen molar-refractivity contribution in [2.24, 2.45) is 0 Å². The van der Waals surface area contributed by atoms with Gasteiger partial charge < -0.3 is 4.48 Å². The van der Waals surface area contributed by atoms with Crippen LogP contribution < -0.4 is 0 Å². The molecule has 0 saturated carbocycles. The van der Waals surface area contributed by atoms with E-state index in [-0.39, 0.29) is 0 Å².